The van der Waals surface area contributed by atoms with E-state index in [1.807, 2.05) is 18.1 Å². The van der Waals surface area contributed by atoms with Crippen molar-refractivity contribution < 1.29 is 9.53 Å². The van der Waals surface area contributed by atoms with Crippen LogP contribution in [0, 0.1) is 6.92 Å². The summed E-state index contributed by atoms with van der Waals surface area (Å²) in [4.78, 5) is 26.6. The minimum Gasteiger partial charge on any atom is -0.370 e. The predicted molar refractivity (Wildman–Crippen MR) is 106 cm³/mol. The molecule has 4 rings (SSSR count). The molecule has 1 spiro atoms. The highest BCUT2D eigenvalue weighted by atomic mass is 32.2. The lowest BCUT2D eigenvalue weighted by molar-refractivity contribution is -0.156. The third kappa shape index (κ3) is 3.74. The Kier molecular flexibility index (Phi) is 5.71. The molecule has 2 atom stereocenters. The number of hydrogen-bond donors (Lipinski definition) is 0. The van der Waals surface area contributed by atoms with Crippen molar-refractivity contribution in [3.63, 3.8) is 0 Å². The van der Waals surface area contributed by atoms with E-state index in [0.717, 1.165) is 12.1 Å². The van der Waals surface area contributed by atoms with Gasteiger partial charge in [-0.05, 0) is 52.0 Å². The maximum absolute atomic E-state index is 13.2. The van der Waals surface area contributed by atoms with Crippen LogP contribution in [0.3, 0.4) is 0 Å². The molecular formula is C20H30N4O2S. The summed E-state index contributed by atoms with van der Waals surface area (Å²) in [6.45, 7) is 6.21. The van der Waals surface area contributed by atoms with Crippen LogP contribution in [0.4, 0.5) is 0 Å². The Labute approximate surface area is 166 Å². The summed E-state index contributed by atoms with van der Waals surface area (Å²) in [5.74, 6) is 0.0496. The normalized spacial score (nSPS) is 29.4. The van der Waals surface area contributed by atoms with Crippen LogP contribution in [0.25, 0.3) is 0 Å². The molecule has 1 saturated carbocycles. The number of likely N-dealkylation sites (tertiary alicyclic amines) is 1. The van der Waals surface area contributed by atoms with E-state index in [1.165, 1.54) is 57.0 Å². The van der Waals surface area contributed by atoms with Gasteiger partial charge in [0.15, 0.2) is 5.16 Å². The van der Waals surface area contributed by atoms with Crippen LogP contribution in [0.5, 0.6) is 0 Å². The Bertz CT molecular complexity index is 691. The molecule has 0 bridgehead atoms. The fourth-order valence-electron chi connectivity index (χ4n) is 5.02. The van der Waals surface area contributed by atoms with E-state index in [2.05, 4.69) is 14.9 Å². The summed E-state index contributed by atoms with van der Waals surface area (Å²) >= 11 is 1.50. The molecule has 1 amide bonds. The SMILES string of the molecule is CSc1ncc(C(=O)N2CCO[C@@]3(CCCC[C@@H]3N3CCCC3)C2)c(C)n1. The zero-order chi connectivity index (χ0) is 18.9. The molecule has 2 aliphatic heterocycles. The summed E-state index contributed by atoms with van der Waals surface area (Å²) in [5, 5.41) is 0.712. The highest BCUT2D eigenvalue weighted by Crippen LogP contribution is 2.39. The molecule has 6 nitrogen and oxygen atoms in total. The fourth-order valence-corrected chi connectivity index (χ4v) is 5.40. The number of morpholine rings is 1. The van der Waals surface area contributed by atoms with Crippen LogP contribution in [-0.2, 0) is 4.74 Å². The molecule has 1 aromatic heterocycles. The van der Waals surface area contributed by atoms with Crippen molar-refractivity contribution in [1.29, 1.82) is 0 Å². The smallest absolute Gasteiger partial charge is 0.257 e. The van der Waals surface area contributed by atoms with E-state index in [-0.39, 0.29) is 11.5 Å². The van der Waals surface area contributed by atoms with Gasteiger partial charge in [-0.25, -0.2) is 9.97 Å². The molecule has 7 heteroatoms. The summed E-state index contributed by atoms with van der Waals surface area (Å²) < 4.78 is 6.44. The molecule has 3 fully saturated rings. The van der Waals surface area contributed by atoms with Crippen molar-refractivity contribution >= 4 is 17.7 Å². The monoisotopic (exact) mass is 390 g/mol. The number of amides is 1. The number of carbonyl (C=O) groups is 1. The number of thioether (sulfide) groups is 1. The summed E-state index contributed by atoms with van der Waals surface area (Å²) in [7, 11) is 0. The zero-order valence-electron chi connectivity index (χ0n) is 16.4. The molecule has 0 unspecified atom stereocenters. The molecule has 0 N–H and O–H groups in total. The maximum atomic E-state index is 13.2. The number of carbonyl (C=O) groups excluding carboxylic acids is 1. The van der Waals surface area contributed by atoms with Crippen LogP contribution < -0.4 is 0 Å². The lowest BCUT2D eigenvalue weighted by Gasteiger charge is -2.52. The van der Waals surface area contributed by atoms with Crippen molar-refractivity contribution in [3.8, 4) is 0 Å². The quantitative estimate of drug-likeness (QED) is 0.584. The molecule has 1 aliphatic carbocycles. The van der Waals surface area contributed by atoms with Gasteiger partial charge in [-0.3, -0.25) is 9.69 Å². The first-order chi connectivity index (χ1) is 13.1. The second kappa shape index (κ2) is 8.05. The minimum absolute atomic E-state index is 0.0496. The third-order valence-electron chi connectivity index (χ3n) is 6.38. The Morgan fingerprint density at radius 1 is 1.26 bits per heavy atom. The van der Waals surface area contributed by atoms with Gasteiger partial charge in [0, 0.05) is 18.8 Å². The summed E-state index contributed by atoms with van der Waals surface area (Å²) in [6, 6.07) is 0.445. The molecular weight excluding hydrogens is 360 g/mol. The Morgan fingerprint density at radius 3 is 2.81 bits per heavy atom. The topological polar surface area (TPSA) is 58.6 Å². The fraction of sp³-hybridized carbons (Fsp3) is 0.750. The van der Waals surface area contributed by atoms with Gasteiger partial charge in [-0.15, -0.1) is 0 Å². The van der Waals surface area contributed by atoms with Gasteiger partial charge in [-0.2, -0.15) is 0 Å². The molecule has 148 valence electrons. The van der Waals surface area contributed by atoms with Crippen LogP contribution in [-0.4, -0.2) is 76.4 Å². The van der Waals surface area contributed by atoms with Crippen molar-refractivity contribution in [2.24, 2.45) is 0 Å². The second-order valence-electron chi connectivity index (χ2n) is 8.00. The average Bonchev–Trinajstić information content (AvgIpc) is 3.22. The van der Waals surface area contributed by atoms with Crippen LogP contribution in [0.2, 0.25) is 0 Å². The lowest BCUT2D eigenvalue weighted by Crippen LogP contribution is -2.64. The maximum Gasteiger partial charge on any atom is 0.257 e. The Balaban J connectivity index is 1.55. The zero-order valence-corrected chi connectivity index (χ0v) is 17.3. The first-order valence-electron chi connectivity index (χ1n) is 10.2. The minimum atomic E-state index is -0.204. The van der Waals surface area contributed by atoms with Crippen molar-refractivity contribution in [2.75, 3.05) is 39.0 Å². The van der Waals surface area contributed by atoms with Gasteiger partial charge >= 0.3 is 0 Å². The van der Waals surface area contributed by atoms with E-state index < -0.39 is 0 Å². The molecule has 3 heterocycles. The number of hydrogen-bond acceptors (Lipinski definition) is 6. The van der Waals surface area contributed by atoms with Gasteiger partial charge in [0.1, 0.15) is 5.60 Å². The standard InChI is InChI=1S/C20H30N4O2S/c1-15-16(13-21-19(22-15)27-2)18(25)24-11-12-26-20(14-24)8-4-3-7-17(20)23-9-5-6-10-23/h13,17H,3-12,14H2,1-2H3/t17-,20-/m0/s1. The molecule has 0 radical (unpaired) electrons. The van der Waals surface area contributed by atoms with Gasteiger partial charge in [0.2, 0.25) is 0 Å². The Morgan fingerprint density at radius 2 is 2.07 bits per heavy atom. The predicted octanol–water partition coefficient (Wildman–Crippen LogP) is 2.76. The molecule has 1 aromatic rings. The van der Waals surface area contributed by atoms with Crippen molar-refractivity contribution in [2.45, 2.75) is 62.2 Å². The second-order valence-corrected chi connectivity index (χ2v) is 8.77. The number of aromatic nitrogens is 2. The lowest BCUT2D eigenvalue weighted by atomic mass is 9.78. The van der Waals surface area contributed by atoms with E-state index >= 15 is 0 Å². The van der Waals surface area contributed by atoms with Crippen molar-refractivity contribution in [3.05, 3.63) is 17.5 Å². The van der Waals surface area contributed by atoms with Gasteiger partial charge in [0.25, 0.3) is 5.91 Å². The van der Waals surface area contributed by atoms with Gasteiger partial charge < -0.3 is 9.64 Å². The number of ether oxygens (including phenoxy) is 1. The Hall–Kier alpha value is -1.18. The van der Waals surface area contributed by atoms with E-state index in [9.17, 15) is 4.79 Å². The van der Waals surface area contributed by atoms with E-state index in [0.29, 0.717) is 36.5 Å². The number of aryl methyl sites for hydroxylation is 1. The highest BCUT2D eigenvalue weighted by molar-refractivity contribution is 7.98. The van der Waals surface area contributed by atoms with Crippen molar-refractivity contribution in [1.82, 2.24) is 19.8 Å². The van der Waals surface area contributed by atoms with Gasteiger partial charge in [-0.1, -0.05) is 24.6 Å². The molecule has 0 aromatic carbocycles. The van der Waals surface area contributed by atoms with Crippen LogP contribution >= 0.6 is 11.8 Å². The van der Waals surface area contributed by atoms with Crippen LogP contribution in [0.1, 0.15) is 54.6 Å². The largest absolute Gasteiger partial charge is 0.370 e. The van der Waals surface area contributed by atoms with Crippen LogP contribution in [0.15, 0.2) is 11.4 Å². The highest BCUT2D eigenvalue weighted by Gasteiger charge is 2.48. The number of rotatable bonds is 3. The van der Waals surface area contributed by atoms with E-state index in [1.54, 1.807) is 6.20 Å². The first-order valence-corrected chi connectivity index (χ1v) is 11.4. The third-order valence-corrected chi connectivity index (χ3v) is 6.94. The molecule has 3 aliphatic rings. The summed E-state index contributed by atoms with van der Waals surface area (Å²) in [5.41, 5.74) is 1.18. The first kappa shape index (κ1) is 19.2. The molecule has 27 heavy (non-hydrogen) atoms. The van der Waals surface area contributed by atoms with Gasteiger partial charge in [0.05, 0.1) is 24.4 Å². The van der Waals surface area contributed by atoms with E-state index in [4.69, 9.17) is 4.74 Å². The average molecular weight is 391 g/mol. The number of nitrogens with zero attached hydrogens (tertiary/aromatic N) is 4. The summed E-state index contributed by atoms with van der Waals surface area (Å²) in [6.07, 6.45) is 10.9. The molecule has 2 saturated heterocycles.